The van der Waals surface area contributed by atoms with Crippen molar-refractivity contribution in [2.24, 2.45) is 0 Å². The van der Waals surface area contributed by atoms with Crippen LogP contribution in [0.1, 0.15) is 25.0 Å². The Morgan fingerprint density at radius 3 is 2.75 bits per heavy atom. The minimum atomic E-state index is -3.37. The summed E-state index contributed by atoms with van der Waals surface area (Å²) in [4.78, 5) is 0. The molecule has 0 aromatic heterocycles. The Morgan fingerprint density at radius 1 is 1.40 bits per heavy atom. The van der Waals surface area contributed by atoms with Gasteiger partial charge in [0.2, 0.25) is 10.0 Å². The highest BCUT2D eigenvalue weighted by atomic mass is 32.2. The van der Waals surface area contributed by atoms with Gasteiger partial charge in [0.05, 0.1) is 17.4 Å². The number of thioether (sulfide) groups is 1. The largest absolute Gasteiger partial charge is 0.218 e. The molecule has 1 fully saturated rings. The van der Waals surface area contributed by atoms with E-state index in [2.05, 4.69) is 19.9 Å². The molecule has 0 amide bonds. The Bertz CT molecular complexity index is 633. The van der Waals surface area contributed by atoms with Crippen LogP contribution in [0.2, 0.25) is 0 Å². The van der Waals surface area contributed by atoms with Crippen LogP contribution < -0.4 is 0 Å². The van der Waals surface area contributed by atoms with Crippen LogP contribution in [0.3, 0.4) is 0 Å². The zero-order valence-electron chi connectivity index (χ0n) is 11.7. The van der Waals surface area contributed by atoms with Crippen molar-refractivity contribution in [3.05, 3.63) is 35.4 Å². The predicted octanol–water partition coefficient (Wildman–Crippen LogP) is 2.22. The third kappa shape index (κ3) is 3.54. The number of sulfonamides is 1. The summed E-state index contributed by atoms with van der Waals surface area (Å²) in [6.07, 6.45) is 0. The summed E-state index contributed by atoms with van der Waals surface area (Å²) in [6, 6.07) is 8.92. The predicted molar refractivity (Wildman–Crippen MR) is 81.9 cm³/mol. The van der Waals surface area contributed by atoms with Gasteiger partial charge < -0.3 is 0 Å². The molecule has 0 spiro atoms. The lowest BCUT2D eigenvalue weighted by Crippen LogP contribution is -2.46. The van der Waals surface area contributed by atoms with Crippen LogP contribution in [-0.2, 0) is 15.8 Å². The zero-order valence-corrected chi connectivity index (χ0v) is 13.3. The van der Waals surface area contributed by atoms with Crippen molar-refractivity contribution >= 4 is 21.8 Å². The van der Waals surface area contributed by atoms with E-state index in [0.29, 0.717) is 24.2 Å². The Morgan fingerprint density at radius 2 is 2.10 bits per heavy atom. The summed E-state index contributed by atoms with van der Waals surface area (Å²) in [5.41, 5.74) is 1.01. The van der Waals surface area contributed by atoms with E-state index in [4.69, 9.17) is 5.26 Å². The minimum absolute atomic E-state index is 0.0555. The molecular formula is C14H18N2O2S2. The van der Waals surface area contributed by atoms with Crippen molar-refractivity contribution in [2.75, 3.05) is 18.8 Å². The molecule has 1 aromatic carbocycles. The molecule has 1 aromatic rings. The maximum absolute atomic E-state index is 12.5. The first-order chi connectivity index (χ1) is 9.34. The van der Waals surface area contributed by atoms with E-state index in [1.807, 2.05) is 0 Å². The summed E-state index contributed by atoms with van der Waals surface area (Å²) in [7, 11) is -3.37. The normalized spacial score (nSPS) is 19.4. The molecule has 0 aliphatic carbocycles. The van der Waals surface area contributed by atoms with Crippen LogP contribution in [0.4, 0.5) is 0 Å². The highest BCUT2D eigenvalue weighted by Crippen LogP contribution is 2.31. The second kappa shape index (κ2) is 5.76. The van der Waals surface area contributed by atoms with E-state index >= 15 is 0 Å². The fourth-order valence-corrected chi connectivity index (χ4v) is 5.28. The molecule has 4 nitrogen and oxygen atoms in total. The SMILES string of the molecule is CC1(C)CN(S(=O)(=O)Cc2ccccc2C#N)CCS1. The molecule has 1 heterocycles. The Kier molecular flexibility index (Phi) is 4.43. The van der Waals surface area contributed by atoms with Crippen LogP contribution in [0.15, 0.2) is 24.3 Å². The molecule has 108 valence electrons. The molecule has 1 aliphatic heterocycles. The molecule has 1 saturated heterocycles. The summed E-state index contributed by atoms with van der Waals surface area (Å²) in [5, 5.41) is 9.05. The molecule has 2 rings (SSSR count). The van der Waals surface area contributed by atoms with Gasteiger partial charge in [0.1, 0.15) is 0 Å². The average Bonchev–Trinajstić information content (AvgIpc) is 2.38. The molecule has 0 N–H and O–H groups in total. The highest BCUT2D eigenvalue weighted by Gasteiger charge is 2.33. The summed E-state index contributed by atoms with van der Waals surface area (Å²) in [5.74, 6) is 0.712. The van der Waals surface area contributed by atoms with Gasteiger partial charge in [0, 0.05) is 23.6 Å². The number of rotatable bonds is 3. The second-order valence-electron chi connectivity index (χ2n) is 5.47. The number of hydrogen-bond acceptors (Lipinski definition) is 4. The van der Waals surface area contributed by atoms with Crippen molar-refractivity contribution in [3.63, 3.8) is 0 Å². The van der Waals surface area contributed by atoms with E-state index in [-0.39, 0.29) is 10.5 Å². The maximum atomic E-state index is 12.5. The van der Waals surface area contributed by atoms with Gasteiger partial charge in [-0.25, -0.2) is 8.42 Å². The van der Waals surface area contributed by atoms with Gasteiger partial charge in [-0.1, -0.05) is 18.2 Å². The molecule has 0 radical (unpaired) electrons. The zero-order chi connectivity index (χ0) is 14.8. The highest BCUT2D eigenvalue weighted by molar-refractivity contribution is 8.00. The van der Waals surface area contributed by atoms with Crippen LogP contribution in [0.5, 0.6) is 0 Å². The van der Waals surface area contributed by atoms with Crippen molar-refractivity contribution < 1.29 is 8.42 Å². The van der Waals surface area contributed by atoms with Gasteiger partial charge in [0.15, 0.2) is 0 Å². The van der Waals surface area contributed by atoms with E-state index in [1.54, 1.807) is 40.3 Å². The lowest BCUT2D eigenvalue weighted by atomic mass is 10.1. The fourth-order valence-electron chi connectivity index (χ4n) is 2.25. The van der Waals surface area contributed by atoms with Crippen LogP contribution in [-0.4, -0.2) is 36.3 Å². The first kappa shape index (κ1) is 15.4. The monoisotopic (exact) mass is 310 g/mol. The van der Waals surface area contributed by atoms with Crippen molar-refractivity contribution in [2.45, 2.75) is 24.3 Å². The molecule has 0 unspecified atom stereocenters. The molecule has 0 bridgehead atoms. The van der Waals surface area contributed by atoms with Gasteiger partial charge in [-0.3, -0.25) is 0 Å². The first-order valence-corrected chi connectivity index (χ1v) is 9.03. The third-order valence-electron chi connectivity index (χ3n) is 3.26. The minimum Gasteiger partial charge on any atom is -0.212 e. The van der Waals surface area contributed by atoms with Crippen LogP contribution in [0, 0.1) is 11.3 Å². The summed E-state index contributed by atoms with van der Waals surface area (Å²) >= 11 is 1.80. The van der Waals surface area contributed by atoms with Crippen LogP contribution in [0.25, 0.3) is 0 Å². The number of nitriles is 1. The van der Waals surface area contributed by atoms with Gasteiger partial charge in [-0.2, -0.15) is 21.3 Å². The number of benzene rings is 1. The summed E-state index contributed by atoms with van der Waals surface area (Å²) < 4.78 is 26.5. The number of hydrogen-bond donors (Lipinski definition) is 0. The molecule has 0 saturated carbocycles. The van der Waals surface area contributed by atoms with Gasteiger partial charge >= 0.3 is 0 Å². The average molecular weight is 310 g/mol. The molecular weight excluding hydrogens is 292 g/mol. The van der Waals surface area contributed by atoms with E-state index in [0.717, 1.165) is 5.75 Å². The van der Waals surface area contributed by atoms with E-state index in [1.165, 1.54) is 0 Å². The fraction of sp³-hybridized carbons (Fsp3) is 0.500. The Balaban J connectivity index is 2.21. The molecule has 20 heavy (non-hydrogen) atoms. The quantitative estimate of drug-likeness (QED) is 0.859. The Hall–Kier alpha value is -1.03. The standard InChI is InChI=1S/C14H18N2O2S2/c1-14(2)11-16(7-8-19-14)20(17,18)10-13-6-4-3-5-12(13)9-15/h3-6H,7-8,10-11H2,1-2H3. The van der Waals surface area contributed by atoms with E-state index in [9.17, 15) is 8.42 Å². The lowest BCUT2D eigenvalue weighted by Gasteiger charge is -2.36. The van der Waals surface area contributed by atoms with E-state index < -0.39 is 10.0 Å². The maximum Gasteiger partial charge on any atom is 0.218 e. The number of nitrogens with zero attached hydrogens (tertiary/aromatic N) is 2. The van der Waals surface area contributed by atoms with Crippen molar-refractivity contribution in [1.29, 1.82) is 5.26 Å². The second-order valence-corrected chi connectivity index (χ2v) is 9.24. The smallest absolute Gasteiger partial charge is 0.212 e. The lowest BCUT2D eigenvalue weighted by molar-refractivity contribution is 0.387. The van der Waals surface area contributed by atoms with Gasteiger partial charge in [0.25, 0.3) is 0 Å². The molecule has 0 atom stereocenters. The van der Waals surface area contributed by atoms with Gasteiger partial charge in [-0.15, -0.1) is 0 Å². The van der Waals surface area contributed by atoms with Gasteiger partial charge in [-0.05, 0) is 25.5 Å². The molecule has 1 aliphatic rings. The summed E-state index contributed by atoms with van der Waals surface area (Å²) in [6.45, 7) is 5.19. The topological polar surface area (TPSA) is 61.2 Å². The van der Waals surface area contributed by atoms with Crippen molar-refractivity contribution in [3.8, 4) is 6.07 Å². The van der Waals surface area contributed by atoms with Crippen molar-refractivity contribution in [1.82, 2.24) is 4.31 Å². The molecule has 6 heteroatoms. The Labute approximate surface area is 124 Å². The third-order valence-corrected chi connectivity index (χ3v) is 6.33. The van der Waals surface area contributed by atoms with Crippen LogP contribution >= 0.6 is 11.8 Å². The first-order valence-electron chi connectivity index (χ1n) is 6.44.